The number of hydrogen-bond acceptors (Lipinski definition) is 1. The third-order valence-corrected chi connectivity index (χ3v) is 16.5. The standard InChI is InChI=1S/3C18H15P.Ir.NO/c3*1-4-10-16(11-5-1)19(17-12-6-2-7-13-17)18-14-8-3-9-15-18;;1-2/h3*1-15H;;/q;;;;-1. The average molecular weight is 1010 g/mol. The van der Waals surface area contributed by atoms with Gasteiger partial charge in [0.2, 0.25) is 0 Å². The van der Waals surface area contributed by atoms with Gasteiger partial charge in [-0.2, -0.15) is 0 Å². The van der Waals surface area contributed by atoms with Crippen molar-refractivity contribution < 1.29 is 20.1 Å². The van der Waals surface area contributed by atoms with Gasteiger partial charge in [-0.3, -0.25) is 0 Å². The van der Waals surface area contributed by atoms with E-state index in [-0.39, 0.29) is 20.1 Å². The maximum absolute atomic E-state index is 7.25. The molecule has 0 aliphatic heterocycles. The fourth-order valence-electron chi connectivity index (χ4n) is 6.54. The van der Waals surface area contributed by atoms with Crippen molar-refractivity contribution >= 4 is 71.5 Å². The summed E-state index contributed by atoms with van der Waals surface area (Å²) in [6.45, 7) is 0. The van der Waals surface area contributed by atoms with Crippen LogP contribution in [0.5, 0.6) is 0 Å². The van der Waals surface area contributed by atoms with Crippen molar-refractivity contribution in [3.63, 3.8) is 0 Å². The SMILES string of the molecule is [Ir].[N-]=O.c1ccc(P(c2ccccc2)c2ccccc2)cc1.c1ccc(P(c2ccccc2)c2ccccc2)cc1.c1ccc(P(c2ccccc2)c2ccccc2)cc1. The molecule has 0 atom stereocenters. The van der Waals surface area contributed by atoms with Crippen LogP contribution >= 0.6 is 23.8 Å². The first-order valence-corrected chi connectivity index (χ1v) is 23.4. The summed E-state index contributed by atoms with van der Waals surface area (Å²) in [5.74, 6) is 0. The predicted octanol–water partition coefficient (Wildman–Crippen LogP) is 10.7. The van der Waals surface area contributed by atoms with Crippen molar-refractivity contribution in [3.05, 3.63) is 283 Å². The van der Waals surface area contributed by atoms with E-state index in [4.69, 9.17) is 10.5 Å². The van der Waals surface area contributed by atoms with Gasteiger partial charge in [0.1, 0.15) is 0 Å². The van der Waals surface area contributed by atoms with Crippen molar-refractivity contribution in [2.24, 2.45) is 0 Å². The van der Waals surface area contributed by atoms with Crippen LogP contribution in [0.4, 0.5) is 0 Å². The van der Waals surface area contributed by atoms with Crippen molar-refractivity contribution in [2.45, 2.75) is 0 Å². The van der Waals surface area contributed by atoms with E-state index in [1.54, 1.807) is 0 Å². The maximum Gasteiger partial charge on any atom is 0 e. The predicted molar refractivity (Wildman–Crippen MR) is 262 cm³/mol. The number of nitroso groups, excluding NO2 is 1. The Morgan fingerprint density at radius 2 is 0.267 bits per heavy atom. The molecule has 0 N–H and O–H groups in total. The second kappa shape index (κ2) is 25.9. The zero-order valence-corrected chi connectivity index (χ0v) is 38.1. The molecule has 0 amide bonds. The van der Waals surface area contributed by atoms with E-state index in [2.05, 4.69) is 273 Å². The molecule has 0 unspecified atom stereocenters. The summed E-state index contributed by atoms with van der Waals surface area (Å²) < 4.78 is 0. The van der Waals surface area contributed by atoms with E-state index < -0.39 is 23.8 Å². The Morgan fingerprint density at radius 1 is 0.183 bits per heavy atom. The van der Waals surface area contributed by atoms with E-state index in [0.29, 0.717) is 0 Å². The van der Waals surface area contributed by atoms with Crippen LogP contribution in [-0.2, 0) is 20.1 Å². The second-order valence-electron chi connectivity index (χ2n) is 13.0. The first-order valence-electron chi connectivity index (χ1n) is 19.4. The van der Waals surface area contributed by atoms with Gasteiger partial charge < -0.3 is 10.5 Å². The van der Waals surface area contributed by atoms with E-state index in [1.165, 1.54) is 47.7 Å². The van der Waals surface area contributed by atoms with Gasteiger partial charge >= 0.3 is 0 Å². The van der Waals surface area contributed by atoms with Gasteiger partial charge in [-0.25, -0.2) is 0 Å². The van der Waals surface area contributed by atoms with E-state index in [0.717, 1.165) is 0 Å². The first kappa shape index (κ1) is 45.6. The van der Waals surface area contributed by atoms with E-state index >= 15 is 0 Å². The maximum atomic E-state index is 7.25. The largest absolute Gasteiger partial charge is 0.577 e. The Kier molecular flexibility index (Phi) is 19.7. The molecule has 0 aliphatic carbocycles. The minimum atomic E-state index is -0.446. The number of hydrogen-bond donors (Lipinski definition) is 0. The van der Waals surface area contributed by atoms with Crippen LogP contribution in [0, 0.1) is 4.91 Å². The zero-order chi connectivity index (χ0) is 40.7. The Labute approximate surface area is 372 Å². The van der Waals surface area contributed by atoms with Crippen LogP contribution in [0.3, 0.4) is 0 Å². The molecule has 297 valence electrons. The summed E-state index contributed by atoms with van der Waals surface area (Å²) in [7, 11) is -1.34. The number of rotatable bonds is 9. The summed E-state index contributed by atoms with van der Waals surface area (Å²) >= 11 is 0. The molecule has 1 radical (unpaired) electrons. The third kappa shape index (κ3) is 13.3. The van der Waals surface area contributed by atoms with Crippen molar-refractivity contribution in [1.29, 1.82) is 0 Å². The molecule has 9 aromatic carbocycles. The normalized spacial score (nSPS) is 10.1. The van der Waals surface area contributed by atoms with E-state index in [1.807, 2.05) is 0 Å². The van der Waals surface area contributed by atoms with Gasteiger partial charge in [0.05, 0.1) is 0 Å². The quantitative estimate of drug-likeness (QED) is 0.133. The van der Waals surface area contributed by atoms with E-state index in [9.17, 15) is 0 Å². The molecule has 6 heteroatoms. The molecule has 60 heavy (non-hydrogen) atoms. The van der Waals surface area contributed by atoms with Crippen LogP contribution < -0.4 is 47.7 Å². The summed E-state index contributed by atoms with van der Waals surface area (Å²) in [5.41, 5.74) is 5.75. The molecule has 2 nitrogen and oxygen atoms in total. The van der Waals surface area contributed by atoms with Gasteiger partial charge in [0.15, 0.2) is 0 Å². The third-order valence-electron chi connectivity index (χ3n) is 9.13. The molecule has 0 fully saturated rings. The van der Waals surface area contributed by atoms with Crippen LogP contribution in [0.2, 0.25) is 0 Å². The number of benzene rings is 9. The topological polar surface area (TPSA) is 39.4 Å². The minimum absolute atomic E-state index is 0. The smallest absolute Gasteiger partial charge is 0 e. The molecule has 0 heterocycles. The molecule has 9 rings (SSSR count). The molecular weight excluding hydrogens is 964 g/mol. The molecule has 0 spiro atoms. The van der Waals surface area contributed by atoms with Crippen LogP contribution in [0.25, 0.3) is 5.59 Å². The van der Waals surface area contributed by atoms with Gasteiger partial charge in [0.25, 0.3) is 0 Å². The first-order chi connectivity index (χ1) is 29.3. The molecule has 0 aromatic heterocycles. The fraction of sp³-hybridized carbons (Fsp3) is 0. The van der Waals surface area contributed by atoms with Crippen LogP contribution in [0.1, 0.15) is 0 Å². The van der Waals surface area contributed by atoms with Crippen LogP contribution in [-0.4, -0.2) is 0 Å². The molecule has 9 aromatic rings. The monoisotopic (exact) mass is 1010 g/mol. The van der Waals surface area contributed by atoms with Gasteiger partial charge in [0, 0.05) is 20.1 Å². The zero-order valence-electron chi connectivity index (χ0n) is 33.0. The molecule has 0 saturated carbocycles. The Balaban J connectivity index is 0.000000166. The Hall–Kier alpha value is -5.48. The van der Waals surface area contributed by atoms with Crippen molar-refractivity contribution in [1.82, 2.24) is 0 Å². The Morgan fingerprint density at radius 3 is 0.350 bits per heavy atom. The molecule has 0 saturated heterocycles. The molecule has 0 bridgehead atoms. The Bertz CT molecular complexity index is 1890. The van der Waals surface area contributed by atoms with Gasteiger partial charge in [-0.1, -0.05) is 273 Å². The summed E-state index contributed by atoms with van der Waals surface area (Å²) in [6, 6.07) is 97.0. The van der Waals surface area contributed by atoms with Crippen molar-refractivity contribution in [3.8, 4) is 0 Å². The summed E-state index contributed by atoms with van der Waals surface area (Å²) in [5, 5.41) is 12.6. The minimum Gasteiger partial charge on any atom is -0.577 e. The molecular formula is C54H45IrNOP3-. The fourth-order valence-corrected chi connectivity index (χ4v) is 13.5. The number of nitrogens with zero attached hydrogens (tertiary/aromatic N) is 1. The second-order valence-corrected chi connectivity index (χ2v) is 19.7. The van der Waals surface area contributed by atoms with Gasteiger partial charge in [-0.05, 0) is 71.5 Å². The van der Waals surface area contributed by atoms with Gasteiger partial charge in [-0.15, -0.1) is 0 Å². The summed E-state index contributed by atoms with van der Waals surface area (Å²) in [6.07, 6.45) is 0. The average Bonchev–Trinajstić information content (AvgIpc) is 3.34. The summed E-state index contributed by atoms with van der Waals surface area (Å²) in [4.78, 5) is 7.25. The van der Waals surface area contributed by atoms with Crippen molar-refractivity contribution in [2.75, 3.05) is 0 Å². The molecule has 0 aliphatic rings. The van der Waals surface area contributed by atoms with Crippen LogP contribution in [0.15, 0.2) is 273 Å².